The zero-order chi connectivity index (χ0) is 13.7. The lowest BCUT2D eigenvalue weighted by molar-refractivity contribution is -0.143. The summed E-state index contributed by atoms with van der Waals surface area (Å²) in [6.07, 6.45) is 0.818. The second-order valence-corrected chi connectivity index (χ2v) is 4.36. The van der Waals surface area contributed by atoms with E-state index in [4.69, 9.17) is 0 Å². The highest BCUT2D eigenvalue weighted by molar-refractivity contribution is 6.39. The van der Waals surface area contributed by atoms with E-state index in [2.05, 4.69) is 10.6 Å². The third kappa shape index (κ3) is 3.75. The molecule has 0 atom stereocenters. The Morgan fingerprint density at radius 3 is 2.89 bits per heavy atom. The highest BCUT2D eigenvalue weighted by atomic mass is 19.1. The largest absolute Gasteiger partial charge is 0.333 e. The molecule has 5 nitrogen and oxygen atoms in total. The Hall–Kier alpha value is -1.95. The normalized spacial score (nSPS) is 15.7. The van der Waals surface area contributed by atoms with Crippen LogP contribution in [0.1, 0.15) is 6.42 Å². The third-order valence-corrected chi connectivity index (χ3v) is 2.90. The molecule has 2 amide bonds. The lowest BCUT2D eigenvalue weighted by Gasteiger charge is -2.19. The Morgan fingerprint density at radius 2 is 2.11 bits per heavy atom. The average Bonchev–Trinajstić information content (AvgIpc) is 2.66. The number of benzene rings is 1. The quantitative estimate of drug-likeness (QED) is 0.730. The number of anilines is 1. The van der Waals surface area contributed by atoms with Gasteiger partial charge < -0.3 is 15.5 Å². The first-order valence-electron chi connectivity index (χ1n) is 6.23. The second kappa shape index (κ2) is 6.29. The van der Waals surface area contributed by atoms with E-state index in [0.717, 1.165) is 13.0 Å². The van der Waals surface area contributed by atoms with E-state index in [0.29, 0.717) is 19.6 Å². The van der Waals surface area contributed by atoms with E-state index >= 15 is 0 Å². The molecule has 1 aromatic carbocycles. The monoisotopic (exact) mass is 265 g/mol. The highest BCUT2D eigenvalue weighted by Crippen LogP contribution is 2.09. The number of nitrogens with zero attached hydrogens (tertiary/aromatic N) is 1. The Morgan fingerprint density at radius 1 is 1.26 bits per heavy atom. The van der Waals surface area contributed by atoms with Crippen molar-refractivity contribution >= 4 is 17.5 Å². The van der Waals surface area contributed by atoms with Crippen molar-refractivity contribution in [1.82, 2.24) is 10.2 Å². The van der Waals surface area contributed by atoms with Gasteiger partial charge in [0.15, 0.2) is 0 Å². The highest BCUT2D eigenvalue weighted by Gasteiger charge is 2.22. The predicted molar refractivity (Wildman–Crippen MR) is 69.1 cm³/mol. The molecule has 0 aliphatic carbocycles. The fourth-order valence-electron chi connectivity index (χ4n) is 1.94. The molecule has 1 fully saturated rings. The predicted octanol–water partition coefficient (Wildman–Crippen LogP) is 0.586. The molecule has 102 valence electrons. The van der Waals surface area contributed by atoms with Gasteiger partial charge in [-0.2, -0.15) is 0 Å². The molecule has 0 aromatic heterocycles. The second-order valence-electron chi connectivity index (χ2n) is 4.36. The first-order chi connectivity index (χ1) is 9.16. The number of halogens is 1. The summed E-state index contributed by atoms with van der Waals surface area (Å²) in [6.45, 7) is 2.59. The molecule has 0 unspecified atom stereocenters. The van der Waals surface area contributed by atoms with E-state index in [1.165, 1.54) is 29.2 Å². The molecule has 1 aliphatic heterocycles. The SMILES string of the molecule is O=C(Nc1cccc(F)c1)C(=O)N1CCCNCC1. The lowest BCUT2D eigenvalue weighted by Crippen LogP contribution is -2.41. The van der Waals surface area contributed by atoms with Crippen molar-refractivity contribution in [2.45, 2.75) is 6.42 Å². The summed E-state index contributed by atoms with van der Waals surface area (Å²) >= 11 is 0. The van der Waals surface area contributed by atoms with Crippen LogP contribution in [-0.4, -0.2) is 42.9 Å². The minimum absolute atomic E-state index is 0.284. The summed E-state index contributed by atoms with van der Waals surface area (Å²) in [5.41, 5.74) is 0.284. The van der Waals surface area contributed by atoms with Gasteiger partial charge in [0.05, 0.1) is 0 Å². The first kappa shape index (κ1) is 13.5. The molecule has 0 spiro atoms. The zero-order valence-electron chi connectivity index (χ0n) is 10.5. The summed E-state index contributed by atoms with van der Waals surface area (Å²) < 4.78 is 13.0. The fraction of sp³-hybridized carbons (Fsp3) is 0.385. The molecule has 1 aliphatic rings. The van der Waals surface area contributed by atoms with Crippen LogP contribution in [0.2, 0.25) is 0 Å². The van der Waals surface area contributed by atoms with Gasteiger partial charge in [0.2, 0.25) is 0 Å². The third-order valence-electron chi connectivity index (χ3n) is 2.90. The van der Waals surface area contributed by atoms with Crippen LogP contribution >= 0.6 is 0 Å². The van der Waals surface area contributed by atoms with Crippen molar-refractivity contribution in [3.8, 4) is 0 Å². The molecule has 6 heteroatoms. The Balaban J connectivity index is 1.97. The van der Waals surface area contributed by atoms with E-state index in [1.54, 1.807) is 0 Å². The van der Waals surface area contributed by atoms with Gasteiger partial charge in [-0.1, -0.05) is 6.07 Å². The first-order valence-corrected chi connectivity index (χ1v) is 6.23. The lowest BCUT2D eigenvalue weighted by atomic mass is 10.3. The smallest absolute Gasteiger partial charge is 0.313 e. The molecular weight excluding hydrogens is 249 g/mol. The van der Waals surface area contributed by atoms with Gasteiger partial charge in [-0.3, -0.25) is 9.59 Å². The Bertz CT molecular complexity index is 471. The maximum atomic E-state index is 13.0. The molecule has 0 radical (unpaired) electrons. The van der Waals surface area contributed by atoms with Crippen LogP contribution < -0.4 is 10.6 Å². The van der Waals surface area contributed by atoms with Crippen molar-refractivity contribution in [3.05, 3.63) is 30.1 Å². The van der Waals surface area contributed by atoms with Gasteiger partial charge in [0.25, 0.3) is 0 Å². The minimum atomic E-state index is -0.729. The maximum absolute atomic E-state index is 13.0. The molecule has 2 N–H and O–H groups in total. The number of carbonyl (C=O) groups is 2. The van der Waals surface area contributed by atoms with E-state index in [-0.39, 0.29) is 5.69 Å². The van der Waals surface area contributed by atoms with E-state index in [9.17, 15) is 14.0 Å². The van der Waals surface area contributed by atoms with Gasteiger partial charge >= 0.3 is 11.8 Å². The zero-order valence-corrected chi connectivity index (χ0v) is 10.5. The van der Waals surface area contributed by atoms with Crippen molar-refractivity contribution in [3.63, 3.8) is 0 Å². The van der Waals surface area contributed by atoms with Crippen molar-refractivity contribution < 1.29 is 14.0 Å². The number of amides is 2. The minimum Gasteiger partial charge on any atom is -0.333 e. The van der Waals surface area contributed by atoms with Gasteiger partial charge in [0.1, 0.15) is 5.82 Å². The number of hydrogen-bond donors (Lipinski definition) is 2. The molecule has 1 heterocycles. The van der Waals surface area contributed by atoms with E-state index in [1.807, 2.05) is 0 Å². The summed E-state index contributed by atoms with van der Waals surface area (Å²) in [4.78, 5) is 25.2. The van der Waals surface area contributed by atoms with Gasteiger partial charge in [-0.15, -0.1) is 0 Å². The maximum Gasteiger partial charge on any atom is 0.313 e. The number of carbonyl (C=O) groups excluding carboxylic acids is 2. The Labute approximate surface area is 110 Å². The van der Waals surface area contributed by atoms with Crippen LogP contribution in [0.15, 0.2) is 24.3 Å². The van der Waals surface area contributed by atoms with Crippen molar-refractivity contribution in [2.75, 3.05) is 31.5 Å². The van der Waals surface area contributed by atoms with Crippen LogP contribution in [0.4, 0.5) is 10.1 Å². The molecule has 19 heavy (non-hydrogen) atoms. The van der Waals surface area contributed by atoms with Crippen molar-refractivity contribution in [1.29, 1.82) is 0 Å². The molecule has 0 saturated carbocycles. The van der Waals surface area contributed by atoms with Crippen LogP contribution in [0, 0.1) is 5.82 Å². The molecule has 0 bridgehead atoms. The standard InChI is InChI=1S/C13H16FN3O2/c14-10-3-1-4-11(9-10)16-12(18)13(19)17-7-2-5-15-6-8-17/h1,3-4,9,15H,2,5-8H2,(H,16,18). The van der Waals surface area contributed by atoms with E-state index < -0.39 is 17.6 Å². The molecule has 1 saturated heterocycles. The van der Waals surface area contributed by atoms with Crippen LogP contribution in [0.25, 0.3) is 0 Å². The number of nitrogens with one attached hydrogen (secondary N) is 2. The van der Waals surface area contributed by atoms with Gasteiger partial charge in [0, 0.05) is 25.3 Å². The van der Waals surface area contributed by atoms with Crippen molar-refractivity contribution in [2.24, 2.45) is 0 Å². The van der Waals surface area contributed by atoms with Crippen LogP contribution in [-0.2, 0) is 9.59 Å². The summed E-state index contributed by atoms with van der Waals surface area (Å²) in [5.74, 6) is -1.76. The summed E-state index contributed by atoms with van der Waals surface area (Å²) in [7, 11) is 0. The number of hydrogen-bond acceptors (Lipinski definition) is 3. The van der Waals surface area contributed by atoms with Gasteiger partial charge in [-0.25, -0.2) is 4.39 Å². The fourth-order valence-corrected chi connectivity index (χ4v) is 1.94. The summed E-state index contributed by atoms with van der Waals surface area (Å²) in [5, 5.41) is 5.56. The topological polar surface area (TPSA) is 61.4 Å². The Kier molecular flexibility index (Phi) is 4.46. The van der Waals surface area contributed by atoms with Gasteiger partial charge in [-0.05, 0) is 31.2 Å². The number of rotatable bonds is 1. The average molecular weight is 265 g/mol. The molecule has 1 aromatic rings. The van der Waals surface area contributed by atoms with Crippen LogP contribution in [0.5, 0.6) is 0 Å². The summed E-state index contributed by atoms with van der Waals surface area (Å²) in [6, 6.07) is 5.47. The molecular formula is C13H16FN3O2. The van der Waals surface area contributed by atoms with Crippen LogP contribution in [0.3, 0.4) is 0 Å². The molecule has 2 rings (SSSR count).